The number of rotatable bonds is 2. The second kappa shape index (κ2) is 6.82. The second-order valence-electron chi connectivity index (χ2n) is 8.51. The van der Waals surface area contributed by atoms with Gasteiger partial charge in [0.25, 0.3) is 0 Å². The Kier molecular flexibility index (Phi) is 4.25. The molecule has 0 atom stereocenters. The first kappa shape index (κ1) is 18.1. The lowest BCUT2D eigenvalue weighted by atomic mass is 9.87. The minimum Gasteiger partial charge on any atom is -0.256 e. The average Bonchev–Trinajstić information content (AvgIpc) is 3.13. The maximum absolute atomic E-state index is 4.73. The van der Waals surface area contributed by atoms with Gasteiger partial charge in [-0.05, 0) is 40.3 Å². The van der Waals surface area contributed by atoms with Crippen LogP contribution in [-0.2, 0) is 5.41 Å². The quantitative estimate of drug-likeness (QED) is 0.295. The van der Waals surface area contributed by atoms with Crippen molar-refractivity contribution in [2.45, 2.75) is 26.2 Å². The summed E-state index contributed by atoms with van der Waals surface area (Å²) in [6, 6.07) is 28.3. The van der Waals surface area contributed by atoms with E-state index in [1.54, 1.807) is 0 Å². The number of pyridine rings is 1. The lowest BCUT2D eigenvalue weighted by molar-refractivity contribution is 0.589. The Morgan fingerprint density at radius 2 is 1.52 bits per heavy atom. The first-order chi connectivity index (χ1) is 14.0. The highest BCUT2D eigenvalue weighted by atomic mass is 32.1. The number of hydrogen-bond acceptors (Lipinski definition) is 2. The Hall–Kier alpha value is -2.97. The molecule has 0 amide bonds. The monoisotopic (exact) mass is 393 g/mol. The Bertz CT molecular complexity index is 1320. The first-order valence-electron chi connectivity index (χ1n) is 9.99. The van der Waals surface area contributed by atoms with Crippen molar-refractivity contribution in [3.63, 3.8) is 0 Å². The van der Waals surface area contributed by atoms with E-state index in [0.717, 1.165) is 5.69 Å². The molecule has 5 rings (SSSR count). The van der Waals surface area contributed by atoms with Gasteiger partial charge >= 0.3 is 0 Å². The molecule has 0 aliphatic heterocycles. The Balaban J connectivity index is 1.79. The summed E-state index contributed by atoms with van der Waals surface area (Å²) in [6.07, 6.45) is 1.94. The van der Waals surface area contributed by atoms with Crippen LogP contribution in [0.2, 0.25) is 0 Å². The van der Waals surface area contributed by atoms with Crippen LogP contribution in [0.4, 0.5) is 0 Å². The number of hydrogen-bond donors (Lipinski definition) is 0. The molecule has 0 aliphatic carbocycles. The number of thiophene rings is 1. The van der Waals surface area contributed by atoms with Crippen LogP contribution in [0.5, 0.6) is 0 Å². The molecule has 1 nitrogen and oxygen atoms in total. The van der Waals surface area contributed by atoms with Crippen molar-refractivity contribution in [2.24, 2.45) is 0 Å². The third kappa shape index (κ3) is 3.14. The summed E-state index contributed by atoms with van der Waals surface area (Å²) in [5.41, 5.74) is 6.24. The van der Waals surface area contributed by atoms with E-state index in [-0.39, 0.29) is 5.41 Å². The van der Waals surface area contributed by atoms with Gasteiger partial charge in [0.1, 0.15) is 0 Å². The van der Waals surface area contributed by atoms with Crippen LogP contribution in [0.15, 0.2) is 85.1 Å². The summed E-state index contributed by atoms with van der Waals surface area (Å²) in [6.45, 7) is 6.74. The summed E-state index contributed by atoms with van der Waals surface area (Å²) >= 11 is 1.87. The fourth-order valence-corrected chi connectivity index (χ4v) is 5.20. The van der Waals surface area contributed by atoms with Crippen molar-refractivity contribution in [2.75, 3.05) is 0 Å². The summed E-state index contributed by atoms with van der Waals surface area (Å²) in [5.74, 6) is 0. The molecule has 0 N–H and O–H groups in total. The van der Waals surface area contributed by atoms with Crippen molar-refractivity contribution in [1.29, 1.82) is 0 Å². The molecule has 0 fully saturated rings. The normalized spacial score (nSPS) is 12.0. The smallest absolute Gasteiger partial charge is 0.0719 e. The number of benzene rings is 3. The maximum atomic E-state index is 4.73. The largest absolute Gasteiger partial charge is 0.256 e. The third-order valence-electron chi connectivity index (χ3n) is 5.51. The van der Waals surface area contributed by atoms with E-state index in [9.17, 15) is 0 Å². The van der Waals surface area contributed by atoms with Crippen molar-refractivity contribution >= 4 is 31.5 Å². The standard InChI is InChI=1S/C27H23NS/c1-27(2,3)19-15-16-28-23(17-19)21-12-7-13-22-25-20(18-9-5-4-6-10-18)11-8-14-24(25)29-26(21)22/h4-17H,1-3H3. The molecule has 0 saturated heterocycles. The highest BCUT2D eigenvalue weighted by molar-refractivity contribution is 7.26. The van der Waals surface area contributed by atoms with E-state index in [1.807, 2.05) is 17.5 Å². The molecule has 0 radical (unpaired) electrons. The number of fused-ring (bicyclic) bond motifs is 3. The van der Waals surface area contributed by atoms with Gasteiger partial charge in [-0.3, -0.25) is 4.98 Å². The van der Waals surface area contributed by atoms with Gasteiger partial charge in [-0.2, -0.15) is 0 Å². The van der Waals surface area contributed by atoms with E-state index < -0.39 is 0 Å². The molecule has 3 aromatic carbocycles. The number of aromatic nitrogens is 1. The van der Waals surface area contributed by atoms with Gasteiger partial charge in [-0.1, -0.05) is 81.4 Å². The van der Waals surface area contributed by atoms with Crippen LogP contribution in [-0.4, -0.2) is 4.98 Å². The van der Waals surface area contributed by atoms with E-state index in [0.29, 0.717) is 0 Å². The summed E-state index contributed by atoms with van der Waals surface area (Å²) < 4.78 is 2.63. The average molecular weight is 394 g/mol. The molecule has 0 saturated carbocycles. The highest BCUT2D eigenvalue weighted by Gasteiger charge is 2.17. The Morgan fingerprint density at radius 3 is 2.31 bits per heavy atom. The lowest BCUT2D eigenvalue weighted by Crippen LogP contribution is -2.11. The van der Waals surface area contributed by atoms with Crippen molar-refractivity contribution in [1.82, 2.24) is 4.98 Å². The predicted octanol–water partition coefficient (Wildman–Crippen LogP) is 8.08. The van der Waals surface area contributed by atoms with Crippen LogP contribution in [0.25, 0.3) is 42.6 Å². The topological polar surface area (TPSA) is 12.9 Å². The van der Waals surface area contributed by atoms with Gasteiger partial charge in [0.15, 0.2) is 0 Å². The predicted molar refractivity (Wildman–Crippen MR) is 127 cm³/mol. The molecule has 0 spiro atoms. The van der Waals surface area contributed by atoms with Crippen molar-refractivity contribution < 1.29 is 0 Å². The molecule has 29 heavy (non-hydrogen) atoms. The fourth-order valence-electron chi connectivity index (χ4n) is 3.95. The van der Waals surface area contributed by atoms with E-state index >= 15 is 0 Å². The minimum absolute atomic E-state index is 0.103. The van der Waals surface area contributed by atoms with Crippen LogP contribution >= 0.6 is 11.3 Å². The van der Waals surface area contributed by atoms with E-state index in [2.05, 4.69) is 99.6 Å². The molecule has 5 aromatic rings. The molecule has 0 bridgehead atoms. The molecule has 2 heteroatoms. The van der Waals surface area contributed by atoms with Crippen molar-refractivity contribution in [3.8, 4) is 22.4 Å². The van der Waals surface area contributed by atoms with Gasteiger partial charge in [-0.25, -0.2) is 0 Å². The van der Waals surface area contributed by atoms with Gasteiger partial charge in [0.2, 0.25) is 0 Å². The van der Waals surface area contributed by atoms with Gasteiger partial charge in [0, 0.05) is 31.9 Å². The van der Waals surface area contributed by atoms with Gasteiger partial charge < -0.3 is 0 Å². The SMILES string of the molecule is CC(C)(C)c1ccnc(-c2cccc3c2sc2cccc(-c4ccccc4)c23)c1. The summed E-state index contributed by atoms with van der Waals surface area (Å²) in [4.78, 5) is 4.73. The molecule has 142 valence electrons. The zero-order valence-corrected chi connectivity index (χ0v) is 17.8. The molecule has 0 aliphatic rings. The molecule has 2 heterocycles. The second-order valence-corrected chi connectivity index (χ2v) is 9.56. The zero-order valence-electron chi connectivity index (χ0n) is 16.9. The van der Waals surface area contributed by atoms with Gasteiger partial charge in [-0.15, -0.1) is 11.3 Å². The van der Waals surface area contributed by atoms with Crippen molar-refractivity contribution in [3.05, 3.63) is 90.6 Å². The summed E-state index contributed by atoms with van der Waals surface area (Å²) in [7, 11) is 0. The van der Waals surface area contributed by atoms with Crippen LogP contribution < -0.4 is 0 Å². The maximum Gasteiger partial charge on any atom is 0.0719 e. The fraction of sp³-hybridized carbons (Fsp3) is 0.148. The number of nitrogens with zero attached hydrogens (tertiary/aromatic N) is 1. The van der Waals surface area contributed by atoms with E-state index in [1.165, 1.54) is 42.4 Å². The van der Waals surface area contributed by atoms with Crippen LogP contribution in [0.1, 0.15) is 26.3 Å². The Labute approximate surface area is 175 Å². The molecule has 2 aromatic heterocycles. The lowest BCUT2D eigenvalue weighted by Gasteiger charge is -2.19. The summed E-state index contributed by atoms with van der Waals surface area (Å²) in [5, 5.41) is 2.65. The first-order valence-corrected chi connectivity index (χ1v) is 10.8. The van der Waals surface area contributed by atoms with E-state index in [4.69, 9.17) is 4.98 Å². The third-order valence-corrected chi connectivity index (χ3v) is 6.71. The molecular weight excluding hydrogens is 370 g/mol. The highest BCUT2D eigenvalue weighted by Crippen LogP contribution is 2.43. The Morgan fingerprint density at radius 1 is 0.759 bits per heavy atom. The minimum atomic E-state index is 0.103. The molecule has 0 unspecified atom stereocenters. The van der Waals surface area contributed by atoms with Crippen LogP contribution in [0, 0.1) is 0 Å². The zero-order chi connectivity index (χ0) is 20.0. The molecular formula is C27H23NS. The van der Waals surface area contributed by atoms with Gasteiger partial charge in [0.05, 0.1) is 5.69 Å². The van der Waals surface area contributed by atoms with Crippen LogP contribution in [0.3, 0.4) is 0 Å².